The maximum atomic E-state index is 12.2. The molecule has 0 aliphatic rings. The second-order valence-corrected chi connectivity index (χ2v) is 5.91. The molecule has 0 unspecified atom stereocenters. The van der Waals surface area contributed by atoms with Crippen LogP contribution < -0.4 is 10.2 Å². The van der Waals surface area contributed by atoms with Crippen molar-refractivity contribution >= 4 is 23.7 Å². The summed E-state index contributed by atoms with van der Waals surface area (Å²) in [6, 6.07) is 13.6. The summed E-state index contributed by atoms with van der Waals surface area (Å²) in [6.45, 7) is 2.25. The fraction of sp³-hybridized carbons (Fsp3) is 0.105. The first-order valence-corrected chi connectivity index (χ1v) is 8.56. The summed E-state index contributed by atoms with van der Waals surface area (Å²) in [6.07, 6.45) is 1.45. The molecule has 0 saturated heterocycles. The maximum absolute atomic E-state index is 12.2. The number of carbonyl (C=O) groups excluding carboxylic acids is 1. The van der Waals surface area contributed by atoms with Gasteiger partial charge in [-0.1, -0.05) is 29.8 Å². The molecule has 0 bridgehead atoms. The van der Waals surface area contributed by atoms with Crippen LogP contribution in [-0.2, 0) is 0 Å². The number of aromatic nitrogens is 2. The van der Waals surface area contributed by atoms with Crippen molar-refractivity contribution in [2.24, 2.45) is 5.10 Å². The molecule has 3 rings (SSSR count). The van der Waals surface area contributed by atoms with Crippen molar-refractivity contribution in [3.63, 3.8) is 0 Å². The van der Waals surface area contributed by atoms with E-state index in [0.29, 0.717) is 28.6 Å². The summed E-state index contributed by atoms with van der Waals surface area (Å²) in [4.78, 5) is 12.2. The van der Waals surface area contributed by atoms with Crippen LogP contribution in [0.15, 0.2) is 53.6 Å². The Labute approximate surface area is 160 Å². The van der Waals surface area contributed by atoms with E-state index in [4.69, 9.17) is 16.3 Å². The Bertz CT molecular complexity index is 985. The quantitative estimate of drug-likeness (QED) is 0.446. The van der Waals surface area contributed by atoms with Gasteiger partial charge in [0.2, 0.25) is 0 Å². The summed E-state index contributed by atoms with van der Waals surface area (Å²) in [5.74, 6) is -0.0470. The van der Waals surface area contributed by atoms with Gasteiger partial charge in [0, 0.05) is 5.56 Å². The first kappa shape index (κ1) is 18.5. The van der Waals surface area contributed by atoms with Crippen molar-refractivity contribution in [2.45, 2.75) is 6.92 Å². The number of hydrogen-bond acceptors (Lipinski definition) is 5. The highest BCUT2D eigenvalue weighted by Crippen LogP contribution is 2.27. The molecule has 0 aliphatic carbocycles. The maximum Gasteiger partial charge on any atom is 0.289 e. The molecule has 138 valence electrons. The third-order valence-electron chi connectivity index (χ3n) is 3.64. The number of phenols is 1. The smallest absolute Gasteiger partial charge is 0.289 e. The standard InChI is InChI=1S/C19H17ClN4O3/c1-2-27-18-9-12(7-8-17(18)25)11-21-24-19(26)16-10-15(22-23-16)13-5-3-4-6-14(13)20/h3-11,25H,2H2,1H3,(H,22,23)(H,24,26)/b21-11+. The average Bonchev–Trinajstić information content (AvgIpc) is 3.15. The number of carbonyl (C=O) groups is 1. The van der Waals surface area contributed by atoms with Crippen LogP contribution in [0.2, 0.25) is 5.02 Å². The van der Waals surface area contributed by atoms with E-state index in [1.165, 1.54) is 12.3 Å². The van der Waals surface area contributed by atoms with E-state index < -0.39 is 5.91 Å². The molecule has 0 fully saturated rings. The van der Waals surface area contributed by atoms with E-state index in [2.05, 4.69) is 20.7 Å². The Morgan fingerprint density at radius 1 is 1.33 bits per heavy atom. The topological polar surface area (TPSA) is 99.6 Å². The minimum absolute atomic E-state index is 0.0441. The summed E-state index contributed by atoms with van der Waals surface area (Å²) in [7, 11) is 0. The van der Waals surface area contributed by atoms with Crippen LogP contribution in [-0.4, -0.2) is 34.0 Å². The predicted octanol–water partition coefficient (Wildman–Crippen LogP) is 3.60. The van der Waals surface area contributed by atoms with E-state index in [1.54, 1.807) is 24.3 Å². The lowest BCUT2D eigenvalue weighted by Gasteiger charge is -2.05. The van der Waals surface area contributed by atoms with Gasteiger partial charge in [0.1, 0.15) is 5.69 Å². The Morgan fingerprint density at radius 2 is 2.15 bits per heavy atom. The fourth-order valence-corrected chi connectivity index (χ4v) is 2.59. The van der Waals surface area contributed by atoms with E-state index >= 15 is 0 Å². The number of hydrogen-bond donors (Lipinski definition) is 3. The van der Waals surface area contributed by atoms with E-state index in [1.807, 2.05) is 25.1 Å². The van der Waals surface area contributed by atoms with Crippen molar-refractivity contribution in [1.29, 1.82) is 0 Å². The molecule has 27 heavy (non-hydrogen) atoms. The van der Waals surface area contributed by atoms with Crippen molar-refractivity contribution in [1.82, 2.24) is 15.6 Å². The van der Waals surface area contributed by atoms with Crippen LogP contribution in [0, 0.1) is 0 Å². The number of nitrogens with one attached hydrogen (secondary N) is 2. The van der Waals surface area contributed by atoms with Crippen molar-refractivity contribution in [3.05, 3.63) is 64.8 Å². The molecule has 1 aromatic heterocycles. The summed E-state index contributed by atoms with van der Waals surface area (Å²) >= 11 is 6.14. The molecule has 0 saturated carbocycles. The predicted molar refractivity (Wildman–Crippen MR) is 103 cm³/mol. The normalized spacial score (nSPS) is 10.9. The lowest BCUT2D eigenvalue weighted by atomic mass is 10.1. The zero-order chi connectivity index (χ0) is 19.2. The molecule has 1 heterocycles. The Balaban J connectivity index is 1.67. The molecule has 0 atom stereocenters. The van der Waals surface area contributed by atoms with Gasteiger partial charge in [-0.25, -0.2) is 5.43 Å². The SMILES string of the molecule is CCOc1cc(/C=N/NC(=O)c2cc(-c3ccccc3Cl)n[nH]2)ccc1O. The molecule has 0 aliphatic heterocycles. The zero-order valence-electron chi connectivity index (χ0n) is 14.4. The molecule has 8 heteroatoms. The summed E-state index contributed by atoms with van der Waals surface area (Å²) in [5.41, 5.74) is 4.62. The number of phenolic OH excluding ortho intramolecular Hbond substituents is 1. The van der Waals surface area contributed by atoms with Gasteiger partial charge < -0.3 is 9.84 Å². The largest absolute Gasteiger partial charge is 0.504 e. The summed E-state index contributed by atoms with van der Waals surface area (Å²) < 4.78 is 5.31. The van der Waals surface area contributed by atoms with E-state index in [-0.39, 0.29) is 11.4 Å². The second kappa shape index (κ2) is 8.37. The molecule has 2 aromatic carbocycles. The Morgan fingerprint density at radius 3 is 2.93 bits per heavy atom. The van der Waals surface area contributed by atoms with Crippen LogP contribution >= 0.6 is 11.6 Å². The first-order valence-electron chi connectivity index (χ1n) is 8.18. The minimum Gasteiger partial charge on any atom is -0.504 e. The van der Waals surface area contributed by atoms with Crippen LogP contribution in [0.25, 0.3) is 11.3 Å². The van der Waals surface area contributed by atoms with Gasteiger partial charge in [0.15, 0.2) is 11.5 Å². The lowest BCUT2D eigenvalue weighted by Crippen LogP contribution is -2.18. The number of aromatic hydroxyl groups is 1. The minimum atomic E-state index is -0.444. The number of ether oxygens (including phenoxy) is 1. The summed E-state index contributed by atoms with van der Waals surface area (Å²) in [5, 5.41) is 20.9. The number of halogens is 1. The van der Waals surface area contributed by atoms with Gasteiger partial charge in [-0.15, -0.1) is 0 Å². The van der Waals surface area contributed by atoms with Gasteiger partial charge in [0.05, 0.1) is 23.5 Å². The molecule has 0 radical (unpaired) electrons. The lowest BCUT2D eigenvalue weighted by molar-refractivity contribution is 0.0950. The zero-order valence-corrected chi connectivity index (χ0v) is 15.2. The highest BCUT2D eigenvalue weighted by Gasteiger charge is 2.12. The number of hydrazone groups is 1. The number of nitrogens with zero attached hydrogens (tertiary/aromatic N) is 2. The van der Waals surface area contributed by atoms with Crippen molar-refractivity contribution < 1.29 is 14.6 Å². The molecule has 1 amide bonds. The van der Waals surface area contributed by atoms with E-state index in [0.717, 1.165) is 5.56 Å². The molecule has 7 nitrogen and oxygen atoms in total. The number of aromatic amines is 1. The average molecular weight is 385 g/mol. The van der Waals surface area contributed by atoms with Gasteiger partial charge in [-0.3, -0.25) is 9.89 Å². The van der Waals surface area contributed by atoms with Crippen LogP contribution in [0.4, 0.5) is 0 Å². The third kappa shape index (κ3) is 4.45. The van der Waals surface area contributed by atoms with E-state index in [9.17, 15) is 9.90 Å². The monoisotopic (exact) mass is 384 g/mol. The number of H-pyrrole nitrogens is 1. The Kier molecular flexibility index (Phi) is 5.73. The van der Waals surface area contributed by atoms with Crippen LogP contribution in [0.1, 0.15) is 23.0 Å². The first-order chi connectivity index (χ1) is 13.1. The number of rotatable bonds is 6. The molecule has 0 spiro atoms. The molecular weight excluding hydrogens is 368 g/mol. The highest BCUT2D eigenvalue weighted by atomic mass is 35.5. The fourth-order valence-electron chi connectivity index (χ4n) is 2.35. The molecule has 3 N–H and O–H groups in total. The van der Waals surface area contributed by atoms with Crippen molar-refractivity contribution in [2.75, 3.05) is 6.61 Å². The molecular formula is C19H17ClN4O3. The second-order valence-electron chi connectivity index (χ2n) is 5.51. The van der Waals surface area contributed by atoms with Gasteiger partial charge in [0.25, 0.3) is 5.91 Å². The van der Waals surface area contributed by atoms with Crippen LogP contribution in [0.5, 0.6) is 11.5 Å². The highest BCUT2D eigenvalue weighted by molar-refractivity contribution is 6.33. The molecule has 3 aromatic rings. The Hall–Kier alpha value is -3.32. The van der Waals surface area contributed by atoms with Crippen LogP contribution in [0.3, 0.4) is 0 Å². The van der Waals surface area contributed by atoms with Gasteiger partial charge >= 0.3 is 0 Å². The van der Waals surface area contributed by atoms with Gasteiger partial charge in [-0.2, -0.15) is 10.2 Å². The van der Waals surface area contributed by atoms with Crippen molar-refractivity contribution in [3.8, 4) is 22.8 Å². The van der Waals surface area contributed by atoms with Gasteiger partial charge in [-0.05, 0) is 42.8 Å². The third-order valence-corrected chi connectivity index (χ3v) is 3.97. The number of benzene rings is 2. The number of amides is 1.